The number of benzene rings is 2. The van der Waals surface area contributed by atoms with Gasteiger partial charge in [0.1, 0.15) is 11.5 Å². The highest BCUT2D eigenvalue weighted by Gasteiger charge is 2.58. The monoisotopic (exact) mass is 514 g/mol. The number of nitrogens with zero attached hydrogens (tertiary/aromatic N) is 1. The van der Waals surface area contributed by atoms with Crippen LogP contribution in [0.15, 0.2) is 59.5 Å². The fraction of sp³-hybridized carbons (Fsp3) is 0.273. The summed E-state index contributed by atoms with van der Waals surface area (Å²) in [6, 6.07) is 14.9. The molecule has 188 valence electrons. The number of carbonyl (C=O) groups excluding carboxylic acids is 1. The standard InChI is InChI=1S/C20H20N2O5S.C2HF3O2/c1-2-14-22-15-6-13-20(22,19(23)21-24)28(25,26)18-11-9-17(10-12-18)27-16-7-4-3-5-8-16;3-2(4,5)1(6)7/h1,3-5,7-12,24H,6,13-15H2,(H,21,23);(H,6,7)/t20-;/m0./s1. The molecule has 0 aliphatic carbocycles. The highest BCUT2D eigenvalue weighted by atomic mass is 32.2. The second-order valence-electron chi connectivity index (χ2n) is 7.15. The van der Waals surface area contributed by atoms with E-state index in [0.717, 1.165) is 0 Å². The first kappa shape index (κ1) is 27.6. The molecule has 1 aliphatic heterocycles. The third kappa shape index (κ3) is 6.10. The number of nitrogens with one attached hydrogen (secondary N) is 1. The van der Waals surface area contributed by atoms with Crippen LogP contribution in [0.1, 0.15) is 12.8 Å². The highest BCUT2D eigenvalue weighted by molar-refractivity contribution is 7.93. The van der Waals surface area contributed by atoms with E-state index >= 15 is 0 Å². The first-order valence-corrected chi connectivity index (χ1v) is 11.4. The molecule has 13 heteroatoms. The Morgan fingerprint density at radius 1 is 1.11 bits per heavy atom. The second-order valence-corrected chi connectivity index (χ2v) is 9.30. The normalized spacial score (nSPS) is 18.0. The molecule has 3 N–H and O–H groups in total. The summed E-state index contributed by atoms with van der Waals surface area (Å²) in [6.07, 6.45) is 0.761. The molecule has 0 aromatic heterocycles. The number of carboxylic acid groups (broad SMARTS) is 1. The zero-order valence-electron chi connectivity index (χ0n) is 18.0. The number of carbonyl (C=O) groups is 2. The Bertz CT molecular complexity index is 1180. The summed E-state index contributed by atoms with van der Waals surface area (Å²) in [4.78, 5) is 20.8. The number of hydrogen-bond acceptors (Lipinski definition) is 7. The largest absolute Gasteiger partial charge is 0.490 e. The van der Waals surface area contributed by atoms with Crippen LogP contribution in [-0.4, -0.2) is 59.6 Å². The zero-order chi connectivity index (χ0) is 26.3. The lowest BCUT2D eigenvalue weighted by Crippen LogP contribution is -2.59. The molecule has 9 nitrogen and oxygen atoms in total. The minimum absolute atomic E-state index is 0.0259. The molecule has 35 heavy (non-hydrogen) atoms. The molecule has 1 aliphatic rings. The van der Waals surface area contributed by atoms with Crippen molar-refractivity contribution in [3.63, 3.8) is 0 Å². The van der Waals surface area contributed by atoms with Crippen molar-refractivity contribution in [3.8, 4) is 23.8 Å². The van der Waals surface area contributed by atoms with Crippen LogP contribution in [0, 0.1) is 12.3 Å². The van der Waals surface area contributed by atoms with E-state index in [9.17, 15) is 31.6 Å². The van der Waals surface area contributed by atoms with Crippen molar-refractivity contribution >= 4 is 21.7 Å². The quantitative estimate of drug-likeness (QED) is 0.305. The number of para-hydroxylation sites is 1. The first-order valence-electron chi connectivity index (χ1n) is 9.91. The van der Waals surface area contributed by atoms with E-state index in [2.05, 4.69) is 5.92 Å². The molecule has 2 aromatic carbocycles. The van der Waals surface area contributed by atoms with Gasteiger partial charge < -0.3 is 9.84 Å². The van der Waals surface area contributed by atoms with Crippen LogP contribution in [-0.2, 0) is 19.4 Å². The third-order valence-electron chi connectivity index (χ3n) is 4.99. The summed E-state index contributed by atoms with van der Waals surface area (Å²) in [6.45, 7) is 0.313. The summed E-state index contributed by atoms with van der Waals surface area (Å²) in [5.41, 5.74) is 1.50. The lowest BCUT2D eigenvalue weighted by molar-refractivity contribution is -0.192. The average molecular weight is 514 g/mol. The third-order valence-corrected chi connectivity index (χ3v) is 7.42. The maximum atomic E-state index is 13.4. The summed E-state index contributed by atoms with van der Waals surface area (Å²) in [7, 11) is -4.17. The number of rotatable bonds is 6. The van der Waals surface area contributed by atoms with Crippen LogP contribution in [0.25, 0.3) is 0 Å². The van der Waals surface area contributed by atoms with Crippen LogP contribution < -0.4 is 10.2 Å². The van der Waals surface area contributed by atoms with E-state index in [0.29, 0.717) is 24.5 Å². The van der Waals surface area contributed by atoms with Crippen LogP contribution >= 0.6 is 0 Å². The summed E-state index contributed by atoms with van der Waals surface area (Å²) < 4.78 is 64.2. The smallest absolute Gasteiger partial charge is 0.475 e. The number of carboxylic acids is 1. The van der Waals surface area contributed by atoms with E-state index in [-0.39, 0.29) is 17.9 Å². The molecule has 1 fully saturated rings. The van der Waals surface area contributed by atoms with E-state index in [1.807, 2.05) is 18.2 Å². The van der Waals surface area contributed by atoms with Gasteiger partial charge in [0, 0.05) is 6.54 Å². The Labute approximate surface area is 199 Å². The first-order chi connectivity index (χ1) is 16.4. The van der Waals surface area contributed by atoms with Gasteiger partial charge in [-0.3, -0.25) is 14.9 Å². The molecule has 0 spiro atoms. The van der Waals surface area contributed by atoms with Crippen LogP contribution in [0.5, 0.6) is 11.5 Å². The van der Waals surface area contributed by atoms with Gasteiger partial charge in [-0.2, -0.15) is 13.2 Å². The Morgan fingerprint density at radius 3 is 2.14 bits per heavy atom. The average Bonchev–Trinajstić information content (AvgIpc) is 3.25. The number of hydroxylamine groups is 1. The molecule has 1 saturated heterocycles. The van der Waals surface area contributed by atoms with Crippen molar-refractivity contribution in [2.75, 3.05) is 13.1 Å². The topological polar surface area (TPSA) is 133 Å². The van der Waals surface area contributed by atoms with Gasteiger partial charge >= 0.3 is 12.1 Å². The molecular weight excluding hydrogens is 493 g/mol. The summed E-state index contributed by atoms with van der Waals surface area (Å²) >= 11 is 0. The fourth-order valence-corrected chi connectivity index (χ4v) is 5.53. The van der Waals surface area contributed by atoms with Gasteiger partial charge in [0.2, 0.25) is 14.7 Å². The van der Waals surface area contributed by atoms with Gasteiger partial charge in [-0.1, -0.05) is 24.1 Å². The van der Waals surface area contributed by atoms with Gasteiger partial charge in [-0.05, 0) is 49.2 Å². The van der Waals surface area contributed by atoms with Crippen molar-refractivity contribution in [1.29, 1.82) is 0 Å². The SMILES string of the molecule is C#CCN1CCC[C@@]1(C(=O)NO)S(=O)(=O)c1ccc(Oc2ccccc2)cc1.O=C(O)C(F)(F)F. The van der Waals surface area contributed by atoms with E-state index < -0.39 is 32.8 Å². The number of alkyl halides is 3. The number of halogens is 3. The van der Waals surface area contributed by atoms with Crippen molar-refractivity contribution in [3.05, 3.63) is 54.6 Å². The zero-order valence-corrected chi connectivity index (χ0v) is 18.8. The number of hydrogen-bond donors (Lipinski definition) is 3. The summed E-state index contributed by atoms with van der Waals surface area (Å²) in [5, 5.41) is 16.3. The van der Waals surface area contributed by atoms with E-state index in [1.165, 1.54) is 34.6 Å². The van der Waals surface area contributed by atoms with Gasteiger partial charge in [0.25, 0.3) is 5.91 Å². The number of amides is 1. The number of terminal acetylenes is 1. The Balaban J connectivity index is 0.000000540. The minimum Gasteiger partial charge on any atom is -0.475 e. The summed E-state index contributed by atoms with van der Waals surface area (Å²) in [5.74, 6) is -0.311. The maximum Gasteiger partial charge on any atom is 0.490 e. The van der Waals surface area contributed by atoms with Crippen LogP contribution in [0.3, 0.4) is 0 Å². The highest BCUT2D eigenvalue weighted by Crippen LogP contribution is 2.39. The number of aliphatic carboxylic acids is 1. The maximum absolute atomic E-state index is 13.4. The van der Waals surface area contributed by atoms with Crippen molar-refractivity contribution in [1.82, 2.24) is 10.4 Å². The van der Waals surface area contributed by atoms with E-state index in [1.54, 1.807) is 12.1 Å². The van der Waals surface area contributed by atoms with Crippen LogP contribution in [0.2, 0.25) is 0 Å². The molecule has 1 atom stereocenters. The van der Waals surface area contributed by atoms with Crippen molar-refractivity contribution in [2.24, 2.45) is 0 Å². The van der Waals surface area contributed by atoms with Crippen molar-refractivity contribution in [2.45, 2.75) is 28.8 Å². The van der Waals surface area contributed by atoms with Gasteiger partial charge in [-0.15, -0.1) is 6.42 Å². The minimum atomic E-state index is -5.08. The molecule has 3 rings (SSSR count). The Morgan fingerprint density at radius 2 is 1.66 bits per heavy atom. The van der Waals surface area contributed by atoms with E-state index in [4.69, 9.17) is 21.1 Å². The Hall–Kier alpha value is -3.60. The van der Waals surface area contributed by atoms with Gasteiger partial charge in [0.05, 0.1) is 11.4 Å². The molecule has 0 radical (unpaired) electrons. The van der Waals surface area contributed by atoms with Gasteiger partial charge in [-0.25, -0.2) is 18.7 Å². The number of likely N-dealkylation sites (tertiary alicyclic amines) is 1. The lowest BCUT2D eigenvalue weighted by Gasteiger charge is -2.34. The Kier molecular flexibility index (Phi) is 8.86. The molecule has 0 unspecified atom stereocenters. The van der Waals surface area contributed by atoms with Crippen LogP contribution in [0.4, 0.5) is 13.2 Å². The molecule has 0 saturated carbocycles. The second kappa shape index (κ2) is 11.2. The molecule has 0 bridgehead atoms. The number of sulfone groups is 1. The molecular formula is C22H21F3N2O7S. The molecule has 1 heterocycles. The van der Waals surface area contributed by atoms with Gasteiger partial charge in [0.15, 0.2) is 0 Å². The molecule has 1 amide bonds. The lowest BCUT2D eigenvalue weighted by atomic mass is 10.2. The number of ether oxygens (including phenoxy) is 1. The fourth-order valence-electron chi connectivity index (χ4n) is 3.44. The predicted octanol–water partition coefficient (Wildman–Crippen LogP) is 2.82. The van der Waals surface area contributed by atoms with Crippen molar-refractivity contribution < 1.29 is 46.2 Å². The predicted molar refractivity (Wildman–Crippen MR) is 116 cm³/mol. The molecule has 2 aromatic rings.